The molecule has 0 aliphatic heterocycles. The minimum absolute atomic E-state index is 0.0928. The fourth-order valence-corrected chi connectivity index (χ4v) is 7.60. The van der Waals surface area contributed by atoms with Gasteiger partial charge in [0.15, 0.2) is 6.10 Å². The normalized spacial score (nSPS) is 13.0. The van der Waals surface area contributed by atoms with E-state index in [0.717, 1.165) is 135 Å². The van der Waals surface area contributed by atoms with Crippen molar-refractivity contribution >= 4 is 17.9 Å². The van der Waals surface area contributed by atoms with Gasteiger partial charge < -0.3 is 14.2 Å². The standard InChI is InChI=1S/C65H106O6/c1-4-7-10-13-16-19-21-23-25-26-27-28-29-30-31-32-33-34-35-36-37-38-39-40-41-43-44-46-49-52-55-58-64(67)70-61-62(60-69-63(66)57-54-51-48-18-15-12-9-6-3)71-65(68)59-56-53-50-47-45-42-24-22-20-17-14-11-8-5-2/h7,10,16,19,22-25,27-28,30-31,33-34,36-37,39-40,43-44,62H,4-6,8-9,11-15,17-18,20-21,26,29,32,35,38,41-42,45-61H2,1-3H3/b10-7-,19-16-,24-22-,25-23-,28-27-,31-30-,34-33-,37-36-,40-39-,44-43-. The van der Waals surface area contributed by atoms with Crippen molar-refractivity contribution in [3.05, 3.63) is 122 Å². The van der Waals surface area contributed by atoms with E-state index < -0.39 is 6.10 Å². The van der Waals surface area contributed by atoms with E-state index in [1.807, 2.05) is 0 Å². The van der Waals surface area contributed by atoms with Gasteiger partial charge in [-0.15, -0.1) is 0 Å². The Balaban J connectivity index is 4.28. The van der Waals surface area contributed by atoms with E-state index in [0.29, 0.717) is 19.3 Å². The molecule has 6 nitrogen and oxygen atoms in total. The van der Waals surface area contributed by atoms with Gasteiger partial charge in [-0.1, -0.05) is 239 Å². The monoisotopic (exact) mass is 983 g/mol. The van der Waals surface area contributed by atoms with Crippen LogP contribution in [0.4, 0.5) is 0 Å². The SMILES string of the molecule is CC/C=C\C/C=C\C/C=C\C/C=C\C/C=C\C/C=C\C/C=C\C/C=C\C/C=C\CCCCCC(=O)OCC(COC(=O)CCCCCCCCCC)OC(=O)CCCCCCC/C=C\CCCCCCC. The van der Waals surface area contributed by atoms with Gasteiger partial charge in [-0.25, -0.2) is 0 Å². The van der Waals surface area contributed by atoms with E-state index in [1.165, 1.54) is 77.0 Å². The highest BCUT2D eigenvalue weighted by Crippen LogP contribution is 2.13. The molecule has 0 radical (unpaired) electrons. The van der Waals surface area contributed by atoms with Crippen molar-refractivity contribution in [3.8, 4) is 0 Å². The van der Waals surface area contributed by atoms with Gasteiger partial charge in [-0.05, 0) is 116 Å². The molecule has 0 fully saturated rings. The van der Waals surface area contributed by atoms with E-state index in [-0.39, 0.29) is 31.1 Å². The number of ether oxygens (including phenoxy) is 3. The average molecular weight is 984 g/mol. The van der Waals surface area contributed by atoms with Crippen molar-refractivity contribution < 1.29 is 28.6 Å². The minimum Gasteiger partial charge on any atom is -0.462 e. The lowest BCUT2D eigenvalue weighted by Gasteiger charge is -2.18. The highest BCUT2D eigenvalue weighted by atomic mass is 16.6. The lowest BCUT2D eigenvalue weighted by atomic mass is 10.1. The smallest absolute Gasteiger partial charge is 0.306 e. The lowest BCUT2D eigenvalue weighted by Crippen LogP contribution is -2.30. The van der Waals surface area contributed by atoms with Crippen molar-refractivity contribution in [2.24, 2.45) is 0 Å². The highest BCUT2D eigenvalue weighted by Gasteiger charge is 2.19. The maximum atomic E-state index is 12.8. The van der Waals surface area contributed by atoms with Crippen LogP contribution in [-0.2, 0) is 28.6 Å². The van der Waals surface area contributed by atoms with Crippen LogP contribution in [0.2, 0.25) is 0 Å². The number of hydrogen-bond acceptors (Lipinski definition) is 6. The third kappa shape index (κ3) is 56.6. The lowest BCUT2D eigenvalue weighted by molar-refractivity contribution is -0.167. The molecule has 71 heavy (non-hydrogen) atoms. The van der Waals surface area contributed by atoms with E-state index in [9.17, 15) is 14.4 Å². The first-order chi connectivity index (χ1) is 35.0. The quantitative estimate of drug-likeness (QED) is 0.0261. The summed E-state index contributed by atoms with van der Waals surface area (Å²) in [6, 6.07) is 0. The Morgan fingerprint density at radius 3 is 0.887 bits per heavy atom. The molecule has 0 aliphatic rings. The second-order valence-electron chi connectivity index (χ2n) is 18.8. The van der Waals surface area contributed by atoms with Crippen LogP contribution in [0, 0.1) is 0 Å². The van der Waals surface area contributed by atoms with Crippen LogP contribution >= 0.6 is 0 Å². The Morgan fingerprint density at radius 2 is 0.549 bits per heavy atom. The Labute approximate surface area is 437 Å². The van der Waals surface area contributed by atoms with Gasteiger partial charge in [-0.3, -0.25) is 14.4 Å². The van der Waals surface area contributed by atoms with Crippen LogP contribution < -0.4 is 0 Å². The molecular formula is C65H106O6. The third-order valence-electron chi connectivity index (χ3n) is 12.0. The van der Waals surface area contributed by atoms with Crippen LogP contribution in [0.3, 0.4) is 0 Å². The summed E-state index contributed by atoms with van der Waals surface area (Å²) in [5.74, 6) is -0.943. The van der Waals surface area contributed by atoms with E-state index in [1.54, 1.807) is 0 Å². The molecule has 0 aliphatic carbocycles. The van der Waals surface area contributed by atoms with Crippen LogP contribution in [0.25, 0.3) is 0 Å². The molecule has 0 amide bonds. The summed E-state index contributed by atoms with van der Waals surface area (Å²) in [4.78, 5) is 37.9. The summed E-state index contributed by atoms with van der Waals surface area (Å²) >= 11 is 0. The molecule has 0 saturated carbocycles. The van der Waals surface area contributed by atoms with Crippen LogP contribution in [0.1, 0.15) is 252 Å². The molecule has 0 aromatic rings. The van der Waals surface area contributed by atoms with Crippen LogP contribution in [-0.4, -0.2) is 37.2 Å². The third-order valence-corrected chi connectivity index (χ3v) is 12.0. The Kier molecular flexibility index (Phi) is 54.9. The zero-order valence-electron chi connectivity index (χ0n) is 45.9. The van der Waals surface area contributed by atoms with E-state index >= 15 is 0 Å². The Bertz CT molecular complexity index is 1500. The Morgan fingerprint density at radius 1 is 0.296 bits per heavy atom. The first-order valence-electron chi connectivity index (χ1n) is 29.0. The van der Waals surface area contributed by atoms with Gasteiger partial charge in [0.1, 0.15) is 13.2 Å². The summed E-state index contributed by atoms with van der Waals surface area (Å²) in [7, 11) is 0. The molecule has 0 bridgehead atoms. The molecule has 0 N–H and O–H groups in total. The summed E-state index contributed by atoms with van der Waals surface area (Å²) in [6.07, 6.45) is 80.7. The summed E-state index contributed by atoms with van der Waals surface area (Å²) in [6.45, 7) is 6.44. The zero-order valence-corrected chi connectivity index (χ0v) is 45.9. The van der Waals surface area contributed by atoms with Crippen molar-refractivity contribution in [1.29, 1.82) is 0 Å². The highest BCUT2D eigenvalue weighted by molar-refractivity contribution is 5.71. The Hall–Kier alpha value is -4.19. The maximum absolute atomic E-state index is 12.8. The molecule has 0 aromatic heterocycles. The molecular weight excluding hydrogens is 877 g/mol. The molecule has 1 unspecified atom stereocenters. The molecule has 0 aromatic carbocycles. The number of esters is 3. The fourth-order valence-electron chi connectivity index (χ4n) is 7.60. The van der Waals surface area contributed by atoms with Gasteiger partial charge in [0, 0.05) is 19.3 Å². The topological polar surface area (TPSA) is 78.9 Å². The number of hydrogen-bond donors (Lipinski definition) is 0. The number of unbranched alkanes of at least 4 members (excludes halogenated alkanes) is 20. The van der Waals surface area contributed by atoms with Crippen molar-refractivity contribution in [2.75, 3.05) is 13.2 Å². The van der Waals surface area contributed by atoms with Gasteiger partial charge in [0.05, 0.1) is 0 Å². The van der Waals surface area contributed by atoms with Gasteiger partial charge in [-0.2, -0.15) is 0 Å². The molecule has 0 spiro atoms. The summed E-state index contributed by atoms with van der Waals surface area (Å²) in [5, 5.41) is 0. The fraction of sp³-hybridized carbons (Fsp3) is 0.646. The molecule has 0 rings (SSSR count). The average Bonchev–Trinajstić information content (AvgIpc) is 3.37. The predicted octanol–water partition coefficient (Wildman–Crippen LogP) is 19.6. The molecule has 402 valence electrons. The predicted molar refractivity (Wildman–Crippen MR) is 306 cm³/mol. The largest absolute Gasteiger partial charge is 0.462 e. The first kappa shape index (κ1) is 66.8. The number of allylic oxidation sites excluding steroid dienone is 20. The van der Waals surface area contributed by atoms with Gasteiger partial charge in [0.2, 0.25) is 0 Å². The van der Waals surface area contributed by atoms with Gasteiger partial charge >= 0.3 is 17.9 Å². The van der Waals surface area contributed by atoms with Crippen molar-refractivity contribution in [3.63, 3.8) is 0 Å². The second kappa shape index (κ2) is 58.4. The molecule has 6 heteroatoms. The minimum atomic E-state index is -0.795. The van der Waals surface area contributed by atoms with Gasteiger partial charge in [0.25, 0.3) is 0 Å². The van der Waals surface area contributed by atoms with Crippen molar-refractivity contribution in [2.45, 2.75) is 258 Å². The molecule has 1 atom stereocenters. The first-order valence-corrected chi connectivity index (χ1v) is 29.0. The van der Waals surface area contributed by atoms with Crippen molar-refractivity contribution in [1.82, 2.24) is 0 Å². The number of carbonyl (C=O) groups excluding carboxylic acids is 3. The number of carbonyl (C=O) groups is 3. The molecule has 0 heterocycles. The van der Waals surface area contributed by atoms with E-state index in [4.69, 9.17) is 14.2 Å². The van der Waals surface area contributed by atoms with Crippen LogP contribution in [0.5, 0.6) is 0 Å². The summed E-state index contributed by atoms with van der Waals surface area (Å²) < 4.78 is 16.7. The second-order valence-corrected chi connectivity index (χ2v) is 18.8. The summed E-state index contributed by atoms with van der Waals surface area (Å²) in [5.41, 5.74) is 0. The van der Waals surface area contributed by atoms with E-state index in [2.05, 4.69) is 142 Å². The zero-order chi connectivity index (χ0) is 51.4. The number of rotatable bonds is 51. The maximum Gasteiger partial charge on any atom is 0.306 e. The molecule has 0 saturated heterocycles. The van der Waals surface area contributed by atoms with Crippen LogP contribution in [0.15, 0.2) is 122 Å².